The number of aliphatic hydroxyl groups excluding tert-OH is 1. The summed E-state index contributed by atoms with van der Waals surface area (Å²) >= 11 is 0. The van der Waals surface area contributed by atoms with Crippen LogP contribution in [0.15, 0.2) is 22.6 Å². The second-order valence-electron chi connectivity index (χ2n) is 5.93. The molecule has 124 valence electrons. The van der Waals surface area contributed by atoms with Gasteiger partial charge in [-0.3, -0.25) is 0 Å². The van der Waals surface area contributed by atoms with Gasteiger partial charge < -0.3 is 24.5 Å². The highest BCUT2D eigenvalue weighted by Crippen LogP contribution is 2.40. The molecule has 1 heterocycles. The first kappa shape index (κ1) is 15.8. The number of benzene rings is 1. The van der Waals surface area contributed by atoms with Crippen molar-refractivity contribution in [2.24, 2.45) is 0 Å². The van der Waals surface area contributed by atoms with E-state index < -0.39 is 6.10 Å². The van der Waals surface area contributed by atoms with Crippen LogP contribution in [0.25, 0.3) is 11.1 Å². The number of fused-ring (bicyclic) bond motifs is 1. The van der Waals surface area contributed by atoms with E-state index in [1.807, 2.05) is 6.07 Å². The van der Waals surface area contributed by atoms with Crippen molar-refractivity contribution in [2.45, 2.75) is 24.9 Å². The Morgan fingerprint density at radius 3 is 3.04 bits per heavy atom. The zero-order valence-electron chi connectivity index (χ0n) is 13.3. The molecule has 1 unspecified atom stereocenters. The van der Waals surface area contributed by atoms with Gasteiger partial charge in [0.05, 0.1) is 19.3 Å². The van der Waals surface area contributed by atoms with Gasteiger partial charge in [0.15, 0.2) is 11.5 Å². The lowest BCUT2D eigenvalue weighted by atomic mass is 10.3. The summed E-state index contributed by atoms with van der Waals surface area (Å²) in [5, 5.41) is 12.5. The van der Waals surface area contributed by atoms with E-state index in [1.165, 1.54) is 12.0 Å². The number of carbonyl (C=O) groups excluding carboxylic acids is 1. The highest BCUT2D eigenvalue weighted by atomic mass is 16.5. The summed E-state index contributed by atoms with van der Waals surface area (Å²) in [6, 6.07) is 5.08. The zero-order chi connectivity index (χ0) is 16.4. The molecule has 0 aliphatic heterocycles. The van der Waals surface area contributed by atoms with Crippen LogP contribution < -0.4 is 5.32 Å². The fourth-order valence-electron chi connectivity index (χ4n) is 2.39. The molecule has 0 saturated heterocycles. The standard InChI is InChI=1S/C16H21N3O4/c1-19(8-12(20)9-22-2)16(21)17-11-5-6-14-13(7-11)18-15(23-14)10-3-4-10/h5-7,10,12,20H,3-4,8-9H2,1-2H3,(H,17,21). The van der Waals surface area contributed by atoms with Crippen LogP contribution in [0.1, 0.15) is 24.7 Å². The quantitative estimate of drug-likeness (QED) is 0.852. The average molecular weight is 319 g/mol. The molecular formula is C16H21N3O4. The number of anilines is 1. The Morgan fingerprint density at radius 2 is 2.35 bits per heavy atom. The molecule has 2 aromatic rings. The molecule has 2 N–H and O–H groups in total. The number of oxazole rings is 1. The van der Waals surface area contributed by atoms with Crippen molar-refractivity contribution in [3.05, 3.63) is 24.1 Å². The number of amides is 2. The molecule has 1 aromatic carbocycles. The number of likely N-dealkylation sites (N-methyl/N-ethyl adjacent to an activating group) is 1. The summed E-state index contributed by atoms with van der Waals surface area (Å²) in [6.07, 6.45) is 1.55. The molecule has 7 heteroatoms. The fourth-order valence-corrected chi connectivity index (χ4v) is 2.39. The van der Waals surface area contributed by atoms with Crippen molar-refractivity contribution in [3.8, 4) is 0 Å². The van der Waals surface area contributed by atoms with Gasteiger partial charge in [0.25, 0.3) is 0 Å². The van der Waals surface area contributed by atoms with Gasteiger partial charge in [-0.2, -0.15) is 0 Å². The average Bonchev–Trinajstić information content (AvgIpc) is 3.27. The smallest absolute Gasteiger partial charge is 0.321 e. The maximum absolute atomic E-state index is 12.1. The summed E-state index contributed by atoms with van der Waals surface area (Å²) in [7, 11) is 3.13. The van der Waals surface area contributed by atoms with E-state index in [9.17, 15) is 9.90 Å². The van der Waals surface area contributed by atoms with E-state index in [2.05, 4.69) is 10.3 Å². The van der Waals surface area contributed by atoms with Crippen molar-refractivity contribution in [1.82, 2.24) is 9.88 Å². The van der Waals surface area contributed by atoms with Gasteiger partial charge in [0.2, 0.25) is 0 Å². The SMILES string of the molecule is COCC(O)CN(C)C(=O)Nc1ccc2oc(C3CC3)nc2c1. The number of urea groups is 1. The van der Waals surface area contributed by atoms with Crippen LogP contribution in [0.4, 0.5) is 10.5 Å². The van der Waals surface area contributed by atoms with Crippen molar-refractivity contribution < 1.29 is 19.1 Å². The van der Waals surface area contributed by atoms with Crippen LogP contribution in [-0.4, -0.2) is 54.4 Å². The van der Waals surface area contributed by atoms with Gasteiger partial charge in [0, 0.05) is 25.8 Å². The lowest BCUT2D eigenvalue weighted by Crippen LogP contribution is -2.38. The van der Waals surface area contributed by atoms with E-state index in [1.54, 1.807) is 19.2 Å². The first-order chi connectivity index (χ1) is 11.1. The number of hydrogen-bond donors (Lipinski definition) is 2. The minimum absolute atomic E-state index is 0.187. The molecule has 2 amide bonds. The minimum Gasteiger partial charge on any atom is -0.440 e. The van der Waals surface area contributed by atoms with Crippen molar-refractivity contribution in [2.75, 3.05) is 32.6 Å². The summed E-state index contributed by atoms with van der Waals surface area (Å²) < 4.78 is 10.5. The molecule has 0 spiro atoms. The molecule has 1 aromatic heterocycles. The molecule has 3 rings (SSSR count). The van der Waals surface area contributed by atoms with Gasteiger partial charge in [-0.05, 0) is 31.0 Å². The van der Waals surface area contributed by atoms with Crippen LogP contribution >= 0.6 is 0 Å². The van der Waals surface area contributed by atoms with Gasteiger partial charge in [-0.1, -0.05) is 0 Å². The molecule has 1 saturated carbocycles. The number of aliphatic hydroxyl groups is 1. The highest BCUT2D eigenvalue weighted by molar-refractivity contribution is 5.91. The first-order valence-corrected chi connectivity index (χ1v) is 7.66. The second-order valence-corrected chi connectivity index (χ2v) is 5.93. The molecule has 1 atom stereocenters. The number of aromatic nitrogens is 1. The van der Waals surface area contributed by atoms with Crippen LogP contribution in [0.2, 0.25) is 0 Å². The monoisotopic (exact) mass is 319 g/mol. The Balaban J connectivity index is 1.64. The third kappa shape index (κ3) is 3.80. The van der Waals surface area contributed by atoms with E-state index in [4.69, 9.17) is 9.15 Å². The Kier molecular flexibility index (Phi) is 4.49. The van der Waals surface area contributed by atoms with Gasteiger partial charge in [-0.15, -0.1) is 0 Å². The molecule has 1 aliphatic carbocycles. The van der Waals surface area contributed by atoms with Crippen LogP contribution in [0, 0.1) is 0 Å². The van der Waals surface area contributed by atoms with Crippen molar-refractivity contribution >= 4 is 22.8 Å². The third-order valence-corrected chi connectivity index (χ3v) is 3.77. The van der Waals surface area contributed by atoms with Gasteiger partial charge >= 0.3 is 6.03 Å². The number of ether oxygens (including phenoxy) is 1. The molecule has 1 fully saturated rings. The summed E-state index contributed by atoms with van der Waals surface area (Å²) in [5.74, 6) is 1.23. The van der Waals surface area contributed by atoms with E-state index in [0.717, 1.165) is 29.8 Å². The van der Waals surface area contributed by atoms with Crippen LogP contribution in [-0.2, 0) is 4.74 Å². The normalized spacial score (nSPS) is 15.6. The van der Waals surface area contributed by atoms with E-state index in [-0.39, 0.29) is 19.2 Å². The summed E-state index contributed by atoms with van der Waals surface area (Å²) in [4.78, 5) is 18.0. The van der Waals surface area contributed by atoms with Crippen LogP contribution in [0.3, 0.4) is 0 Å². The lowest BCUT2D eigenvalue weighted by molar-refractivity contribution is 0.0501. The topological polar surface area (TPSA) is 87.8 Å². The summed E-state index contributed by atoms with van der Waals surface area (Å²) in [6.45, 7) is 0.379. The first-order valence-electron chi connectivity index (χ1n) is 7.66. The number of hydrogen-bond acceptors (Lipinski definition) is 5. The molecule has 0 bridgehead atoms. The molecule has 23 heavy (non-hydrogen) atoms. The van der Waals surface area contributed by atoms with Crippen molar-refractivity contribution in [1.29, 1.82) is 0 Å². The predicted octanol–water partition coefficient (Wildman–Crippen LogP) is 2.18. The number of carbonyl (C=O) groups is 1. The fraction of sp³-hybridized carbons (Fsp3) is 0.500. The van der Waals surface area contributed by atoms with Crippen LogP contribution in [0.5, 0.6) is 0 Å². The Labute approximate surface area is 134 Å². The Morgan fingerprint density at radius 1 is 1.57 bits per heavy atom. The number of nitrogens with zero attached hydrogens (tertiary/aromatic N) is 2. The van der Waals surface area contributed by atoms with Gasteiger partial charge in [0.1, 0.15) is 5.52 Å². The Bertz CT molecular complexity index is 696. The molecular weight excluding hydrogens is 298 g/mol. The zero-order valence-corrected chi connectivity index (χ0v) is 13.3. The largest absolute Gasteiger partial charge is 0.440 e. The minimum atomic E-state index is -0.713. The molecule has 0 radical (unpaired) electrons. The Hall–Kier alpha value is -2.12. The maximum Gasteiger partial charge on any atom is 0.321 e. The van der Waals surface area contributed by atoms with Gasteiger partial charge in [-0.25, -0.2) is 9.78 Å². The number of rotatable bonds is 6. The van der Waals surface area contributed by atoms with Crippen molar-refractivity contribution in [3.63, 3.8) is 0 Å². The van der Waals surface area contributed by atoms with E-state index >= 15 is 0 Å². The molecule has 7 nitrogen and oxygen atoms in total. The predicted molar refractivity (Wildman–Crippen MR) is 85.5 cm³/mol. The summed E-state index contributed by atoms with van der Waals surface area (Å²) in [5.41, 5.74) is 2.12. The number of nitrogens with one attached hydrogen (secondary N) is 1. The third-order valence-electron chi connectivity index (χ3n) is 3.77. The lowest BCUT2D eigenvalue weighted by Gasteiger charge is -2.20. The highest BCUT2D eigenvalue weighted by Gasteiger charge is 2.28. The number of methoxy groups -OCH3 is 1. The maximum atomic E-state index is 12.1. The molecule has 1 aliphatic rings. The second kappa shape index (κ2) is 6.55. The van der Waals surface area contributed by atoms with E-state index in [0.29, 0.717) is 11.6 Å².